The maximum Gasteiger partial charge on any atom is 0.251 e. The number of aromatic hydroxyl groups is 1. The molecule has 0 spiro atoms. The molecule has 3 aromatic heterocycles. The van der Waals surface area contributed by atoms with Crippen LogP contribution >= 0.6 is 7.14 Å². The molecule has 0 saturated carbocycles. The van der Waals surface area contributed by atoms with Crippen LogP contribution in [0.2, 0.25) is 0 Å². The molecule has 0 saturated heterocycles. The first-order valence-electron chi connectivity index (χ1n) is 11.7. The molecule has 3 heterocycles. The molecule has 9 heteroatoms. The van der Waals surface area contributed by atoms with Gasteiger partial charge in [-0.3, -0.25) is 9.78 Å². The minimum Gasteiger partial charge on any atom is -0.508 e. The van der Waals surface area contributed by atoms with Crippen molar-refractivity contribution in [3.8, 4) is 16.9 Å². The van der Waals surface area contributed by atoms with Gasteiger partial charge in [0.2, 0.25) is 0 Å². The quantitative estimate of drug-likeness (QED) is 0.348. The SMILES string of the molecule is Cn1cncc1C(N)(c1ccc(O)cc1)c1ccc2c(c1)c(-c1cncc(P(C)(C)=O)c1)cc(=O)n2C. The maximum atomic E-state index is 12.9. The zero-order chi connectivity index (χ0) is 26.5. The van der Waals surface area contributed by atoms with E-state index in [0.29, 0.717) is 16.4 Å². The Morgan fingerprint density at radius 2 is 1.62 bits per heavy atom. The number of imidazole rings is 1. The summed E-state index contributed by atoms with van der Waals surface area (Å²) in [7, 11) is 1.05. The summed E-state index contributed by atoms with van der Waals surface area (Å²) in [6.07, 6.45) is 6.71. The second-order valence-corrected chi connectivity index (χ2v) is 12.9. The summed E-state index contributed by atoms with van der Waals surface area (Å²) < 4.78 is 16.2. The molecule has 5 rings (SSSR count). The molecule has 0 aliphatic rings. The van der Waals surface area contributed by atoms with Crippen molar-refractivity contribution >= 4 is 23.3 Å². The summed E-state index contributed by atoms with van der Waals surface area (Å²) in [4.78, 5) is 21.5. The Balaban J connectivity index is 1.83. The number of benzene rings is 2. The van der Waals surface area contributed by atoms with Gasteiger partial charge in [-0.05, 0) is 60.4 Å². The van der Waals surface area contributed by atoms with Gasteiger partial charge in [-0.2, -0.15) is 0 Å². The molecule has 3 N–H and O–H groups in total. The third kappa shape index (κ3) is 4.18. The van der Waals surface area contributed by atoms with Crippen molar-refractivity contribution in [2.45, 2.75) is 5.54 Å². The number of aryl methyl sites for hydroxylation is 2. The van der Waals surface area contributed by atoms with Crippen molar-refractivity contribution in [2.24, 2.45) is 19.8 Å². The van der Waals surface area contributed by atoms with E-state index < -0.39 is 12.7 Å². The van der Waals surface area contributed by atoms with Gasteiger partial charge in [0.05, 0.1) is 23.7 Å². The summed E-state index contributed by atoms with van der Waals surface area (Å²) in [6, 6.07) is 16.0. The number of hydrogen-bond acceptors (Lipinski definition) is 6. The molecule has 0 fully saturated rings. The number of rotatable bonds is 5. The number of pyridine rings is 2. The van der Waals surface area contributed by atoms with Gasteiger partial charge in [0, 0.05) is 48.8 Å². The number of hydrogen-bond donors (Lipinski definition) is 2. The van der Waals surface area contributed by atoms with Crippen LogP contribution in [-0.2, 0) is 24.2 Å². The number of phenols is 1. The van der Waals surface area contributed by atoms with Gasteiger partial charge in [-0.25, -0.2) is 4.98 Å². The zero-order valence-corrected chi connectivity index (χ0v) is 22.0. The predicted octanol–water partition coefficient (Wildman–Crippen LogP) is 3.54. The molecule has 0 aliphatic heterocycles. The number of fused-ring (bicyclic) bond motifs is 1. The largest absolute Gasteiger partial charge is 0.508 e. The van der Waals surface area contributed by atoms with E-state index in [9.17, 15) is 14.5 Å². The Morgan fingerprint density at radius 1 is 0.919 bits per heavy atom. The molecule has 37 heavy (non-hydrogen) atoms. The number of aromatic nitrogens is 4. The van der Waals surface area contributed by atoms with E-state index in [1.807, 2.05) is 35.9 Å². The summed E-state index contributed by atoms with van der Waals surface area (Å²) >= 11 is 0. The standard InChI is InChI=1S/C28H28N5O3P/c1-32-17-31-16-26(32)28(29,19-5-8-21(34)9-6-19)20-7-10-25-24(12-20)23(13-27(35)33(25)2)18-11-22(15-30-14-18)37(3,4)36/h5-17,34H,29H2,1-4H3. The van der Waals surface area contributed by atoms with E-state index in [2.05, 4.69) is 9.97 Å². The predicted molar refractivity (Wildman–Crippen MR) is 147 cm³/mol. The van der Waals surface area contributed by atoms with Gasteiger partial charge in [0.15, 0.2) is 0 Å². The van der Waals surface area contributed by atoms with Crippen LogP contribution in [0.5, 0.6) is 5.75 Å². The molecule has 2 aromatic carbocycles. The average molecular weight is 514 g/mol. The normalized spacial score (nSPS) is 13.5. The summed E-state index contributed by atoms with van der Waals surface area (Å²) in [6.45, 7) is 3.39. The second kappa shape index (κ2) is 8.83. The highest BCUT2D eigenvalue weighted by Gasteiger charge is 2.35. The summed E-state index contributed by atoms with van der Waals surface area (Å²) in [5, 5.41) is 11.3. The minimum atomic E-state index is -2.56. The fourth-order valence-corrected chi connectivity index (χ4v) is 5.53. The van der Waals surface area contributed by atoms with E-state index in [-0.39, 0.29) is 11.3 Å². The van der Waals surface area contributed by atoms with Crippen LogP contribution < -0.4 is 16.6 Å². The van der Waals surface area contributed by atoms with Gasteiger partial charge in [0.1, 0.15) is 18.4 Å². The van der Waals surface area contributed by atoms with Crippen molar-refractivity contribution in [3.05, 3.63) is 107 Å². The molecule has 8 nitrogen and oxygen atoms in total. The molecular formula is C28H28N5O3P. The summed E-state index contributed by atoms with van der Waals surface area (Å²) in [5.74, 6) is 0.142. The van der Waals surface area contributed by atoms with Crippen LogP contribution in [0.25, 0.3) is 22.0 Å². The Labute approximate surface area is 214 Å². The first-order chi connectivity index (χ1) is 17.5. The van der Waals surface area contributed by atoms with E-state index in [0.717, 1.165) is 27.7 Å². The van der Waals surface area contributed by atoms with E-state index >= 15 is 0 Å². The lowest BCUT2D eigenvalue weighted by molar-refractivity contribution is 0.474. The smallest absolute Gasteiger partial charge is 0.251 e. The van der Waals surface area contributed by atoms with E-state index in [4.69, 9.17) is 5.73 Å². The monoisotopic (exact) mass is 513 g/mol. The van der Waals surface area contributed by atoms with Crippen molar-refractivity contribution in [2.75, 3.05) is 13.3 Å². The Kier molecular flexibility index (Phi) is 5.89. The van der Waals surface area contributed by atoms with E-state index in [1.165, 1.54) is 0 Å². The molecule has 5 aromatic rings. The molecule has 0 radical (unpaired) electrons. The highest BCUT2D eigenvalue weighted by Crippen LogP contribution is 2.39. The van der Waals surface area contributed by atoms with Crippen LogP contribution in [-0.4, -0.2) is 37.5 Å². The zero-order valence-electron chi connectivity index (χ0n) is 21.1. The van der Waals surface area contributed by atoms with Crippen molar-refractivity contribution in [1.82, 2.24) is 19.1 Å². The Hall–Kier alpha value is -4.00. The Morgan fingerprint density at radius 3 is 2.27 bits per heavy atom. The Bertz CT molecular complexity index is 1750. The van der Waals surface area contributed by atoms with Crippen molar-refractivity contribution < 1.29 is 9.67 Å². The number of nitrogens with two attached hydrogens (primary N) is 1. The van der Waals surface area contributed by atoms with Gasteiger partial charge in [0.25, 0.3) is 5.56 Å². The summed E-state index contributed by atoms with van der Waals surface area (Å²) in [5.41, 5.74) is 10.4. The average Bonchev–Trinajstić information content (AvgIpc) is 3.31. The highest BCUT2D eigenvalue weighted by atomic mass is 31.2. The highest BCUT2D eigenvalue weighted by molar-refractivity contribution is 7.70. The number of phenolic OH excluding ortho intramolecular Hbond substituents is 1. The number of nitrogens with zero attached hydrogens (tertiary/aromatic N) is 4. The fraction of sp³-hybridized carbons (Fsp3) is 0.179. The van der Waals surface area contributed by atoms with E-state index in [1.54, 1.807) is 80.2 Å². The maximum absolute atomic E-state index is 12.9. The van der Waals surface area contributed by atoms with Gasteiger partial charge in [-0.1, -0.05) is 18.2 Å². The van der Waals surface area contributed by atoms with Crippen LogP contribution in [0.3, 0.4) is 0 Å². The third-order valence-corrected chi connectivity index (χ3v) is 8.39. The molecular weight excluding hydrogens is 485 g/mol. The lowest BCUT2D eigenvalue weighted by Crippen LogP contribution is -2.41. The lowest BCUT2D eigenvalue weighted by atomic mass is 9.80. The molecule has 188 valence electrons. The fourth-order valence-electron chi connectivity index (χ4n) is 4.74. The molecule has 0 amide bonds. The second-order valence-electron chi connectivity index (χ2n) is 9.71. The molecule has 1 unspecified atom stereocenters. The van der Waals surface area contributed by atoms with Crippen LogP contribution in [0.1, 0.15) is 16.8 Å². The third-order valence-electron chi connectivity index (χ3n) is 6.90. The topological polar surface area (TPSA) is 116 Å². The van der Waals surface area contributed by atoms with Gasteiger partial charge < -0.3 is 24.5 Å². The van der Waals surface area contributed by atoms with Crippen LogP contribution in [0, 0.1) is 0 Å². The van der Waals surface area contributed by atoms with Crippen molar-refractivity contribution in [3.63, 3.8) is 0 Å². The molecule has 0 aliphatic carbocycles. The van der Waals surface area contributed by atoms with Crippen molar-refractivity contribution in [1.29, 1.82) is 0 Å². The molecule has 1 atom stereocenters. The van der Waals surface area contributed by atoms with Crippen LogP contribution in [0.4, 0.5) is 0 Å². The van der Waals surface area contributed by atoms with Gasteiger partial charge in [-0.15, -0.1) is 0 Å². The first-order valence-corrected chi connectivity index (χ1v) is 14.3. The lowest BCUT2D eigenvalue weighted by Gasteiger charge is -2.31. The molecule has 0 bridgehead atoms. The minimum absolute atomic E-state index is 0.142. The first kappa shape index (κ1) is 24.7. The van der Waals surface area contributed by atoms with Crippen LogP contribution in [0.15, 0.2) is 84.3 Å². The van der Waals surface area contributed by atoms with Gasteiger partial charge >= 0.3 is 0 Å².